The van der Waals surface area contributed by atoms with Gasteiger partial charge in [-0.15, -0.1) is 0 Å². The summed E-state index contributed by atoms with van der Waals surface area (Å²) in [5.41, 5.74) is -0.805. The number of nitrogens with zero attached hydrogens (tertiary/aromatic N) is 6. The van der Waals surface area contributed by atoms with Gasteiger partial charge in [-0.25, -0.2) is 32.1 Å². The molecule has 2 saturated heterocycles. The molecule has 2 fully saturated rings. The lowest BCUT2D eigenvalue weighted by atomic mass is 10.1. The van der Waals surface area contributed by atoms with E-state index in [2.05, 4.69) is 30.5 Å². The molecular formula is C27H34F4N8O2S. The maximum atomic E-state index is 15.3. The van der Waals surface area contributed by atoms with Gasteiger partial charge in [0.25, 0.3) is 0 Å². The van der Waals surface area contributed by atoms with Crippen molar-refractivity contribution in [1.29, 1.82) is 0 Å². The lowest BCUT2D eigenvalue weighted by Crippen LogP contribution is -2.42. The predicted molar refractivity (Wildman–Crippen MR) is 151 cm³/mol. The van der Waals surface area contributed by atoms with Crippen molar-refractivity contribution in [3.05, 3.63) is 47.8 Å². The number of anilines is 2. The van der Waals surface area contributed by atoms with Crippen LogP contribution in [0.1, 0.15) is 37.1 Å². The van der Waals surface area contributed by atoms with Gasteiger partial charge >= 0.3 is 6.18 Å². The second-order valence-electron chi connectivity index (χ2n) is 11.0. The summed E-state index contributed by atoms with van der Waals surface area (Å²) in [4.78, 5) is 14.6. The normalized spacial score (nSPS) is 19.6. The van der Waals surface area contributed by atoms with E-state index >= 15 is 4.39 Å². The summed E-state index contributed by atoms with van der Waals surface area (Å²) in [6.07, 6.45) is 1.35. The standard InChI is InChI=1S/C27H34F4N8O2S/c1-17-33-23(16-39(17)24-7-6-19(13-22(24)28)34-20-5-4-10-37(2)15-20)25-21(27(29,30)31)14-32-26(36-25)35-18-8-11-38(12-9-18)42(3,40)41/h6-7,13-14,16,18,20,34H,4-5,8-12,15H2,1-3H3,(H,32,35,36). The Kier molecular flexibility index (Phi) is 8.45. The molecule has 1 atom stereocenters. The Morgan fingerprint density at radius 1 is 1.02 bits per heavy atom. The van der Waals surface area contributed by atoms with Gasteiger partial charge in [0.15, 0.2) is 0 Å². The molecule has 1 unspecified atom stereocenters. The molecule has 0 amide bonds. The van der Waals surface area contributed by atoms with Crippen molar-refractivity contribution in [1.82, 2.24) is 28.7 Å². The van der Waals surface area contributed by atoms with Gasteiger partial charge in [-0.2, -0.15) is 13.2 Å². The monoisotopic (exact) mass is 610 g/mol. The van der Waals surface area contributed by atoms with Crippen molar-refractivity contribution >= 4 is 21.7 Å². The maximum Gasteiger partial charge on any atom is 0.420 e. The molecular weight excluding hydrogens is 576 g/mol. The molecule has 5 rings (SSSR count). The van der Waals surface area contributed by atoms with Crippen LogP contribution < -0.4 is 10.6 Å². The van der Waals surface area contributed by atoms with Crippen molar-refractivity contribution in [3.8, 4) is 17.1 Å². The second kappa shape index (κ2) is 11.8. The number of likely N-dealkylation sites (N-methyl/N-ethyl adjacent to an activating group) is 1. The molecule has 0 saturated carbocycles. The van der Waals surface area contributed by atoms with Crippen LogP contribution in [0.3, 0.4) is 0 Å². The SMILES string of the molecule is Cc1nc(-c2nc(NC3CCN(S(C)(=O)=O)CC3)ncc2C(F)(F)F)cn1-c1ccc(NC2CCCN(C)C2)cc1F. The van der Waals surface area contributed by atoms with E-state index in [0.717, 1.165) is 32.2 Å². The largest absolute Gasteiger partial charge is 0.420 e. The quantitative estimate of drug-likeness (QED) is 0.385. The van der Waals surface area contributed by atoms with E-state index in [-0.39, 0.29) is 48.3 Å². The number of likely N-dealkylation sites (tertiary alicyclic amines) is 1. The minimum absolute atomic E-state index is 0.0297. The Bertz CT molecular complexity index is 1540. The first-order chi connectivity index (χ1) is 19.8. The molecule has 228 valence electrons. The fourth-order valence-corrected chi connectivity index (χ4v) is 6.39. The molecule has 2 N–H and O–H groups in total. The number of rotatable bonds is 7. The van der Waals surface area contributed by atoms with Crippen molar-refractivity contribution < 1.29 is 26.0 Å². The van der Waals surface area contributed by atoms with Crippen LogP contribution in [0, 0.1) is 12.7 Å². The average Bonchev–Trinajstić information content (AvgIpc) is 3.29. The molecule has 2 aliphatic heterocycles. The molecule has 10 nitrogen and oxygen atoms in total. The number of alkyl halides is 3. The number of hydrogen-bond acceptors (Lipinski definition) is 8. The molecule has 1 aromatic carbocycles. The van der Waals surface area contributed by atoms with Crippen molar-refractivity contribution in [2.45, 2.75) is 50.9 Å². The first-order valence-electron chi connectivity index (χ1n) is 13.7. The number of aromatic nitrogens is 4. The van der Waals surface area contributed by atoms with E-state index in [4.69, 9.17) is 0 Å². The smallest absolute Gasteiger partial charge is 0.381 e. The van der Waals surface area contributed by atoms with Crippen LogP contribution in [0.5, 0.6) is 0 Å². The first-order valence-corrected chi connectivity index (χ1v) is 15.6. The Labute approximate surface area is 242 Å². The number of piperidine rings is 2. The van der Waals surface area contributed by atoms with E-state index in [1.54, 1.807) is 19.1 Å². The summed E-state index contributed by atoms with van der Waals surface area (Å²) >= 11 is 0. The Morgan fingerprint density at radius 3 is 2.40 bits per heavy atom. The van der Waals surface area contributed by atoms with Crippen LogP contribution in [0.25, 0.3) is 17.1 Å². The molecule has 2 aromatic heterocycles. The highest BCUT2D eigenvalue weighted by Gasteiger charge is 2.37. The molecule has 2 aliphatic rings. The average molecular weight is 611 g/mol. The van der Waals surface area contributed by atoms with Crippen LogP contribution in [0.4, 0.5) is 29.2 Å². The number of halogens is 4. The summed E-state index contributed by atoms with van der Waals surface area (Å²) in [6.45, 7) is 4.02. The van der Waals surface area contributed by atoms with Crippen molar-refractivity contribution in [2.75, 3.05) is 50.1 Å². The number of hydrogen-bond donors (Lipinski definition) is 2. The van der Waals surface area contributed by atoms with E-state index in [0.29, 0.717) is 24.7 Å². The first kappa shape index (κ1) is 30.2. The number of benzene rings is 1. The van der Waals surface area contributed by atoms with Gasteiger partial charge in [0.1, 0.15) is 28.6 Å². The van der Waals surface area contributed by atoms with Gasteiger partial charge in [0, 0.05) is 49.8 Å². The Morgan fingerprint density at radius 2 is 1.76 bits per heavy atom. The maximum absolute atomic E-state index is 15.3. The highest BCUT2D eigenvalue weighted by atomic mass is 32.2. The summed E-state index contributed by atoms with van der Waals surface area (Å²) in [5, 5.41) is 6.39. The van der Waals surface area contributed by atoms with Crippen molar-refractivity contribution in [3.63, 3.8) is 0 Å². The molecule has 0 radical (unpaired) electrons. The molecule has 42 heavy (non-hydrogen) atoms. The highest BCUT2D eigenvalue weighted by Crippen LogP contribution is 2.36. The molecule has 4 heterocycles. The third kappa shape index (κ3) is 6.84. The van der Waals surface area contributed by atoms with Gasteiger partial charge < -0.3 is 20.1 Å². The zero-order valence-electron chi connectivity index (χ0n) is 23.6. The van der Waals surface area contributed by atoms with Crippen LogP contribution in [-0.4, -0.2) is 88.7 Å². The Balaban J connectivity index is 1.39. The fraction of sp³-hybridized carbons (Fsp3) is 0.519. The van der Waals surface area contributed by atoms with Crippen LogP contribution in [-0.2, 0) is 16.2 Å². The zero-order valence-corrected chi connectivity index (χ0v) is 24.4. The molecule has 0 bridgehead atoms. The third-order valence-electron chi connectivity index (χ3n) is 7.68. The van der Waals surface area contributed by atoms with E-state index < -0.39 is 33.3 Å². The van der Waals surface area contributed by atoms with Crippen LogP contribution >= 0.6 is 0 Å². The molecule has 15 heteroatoms. The Hall–Kier alpha value is -3.30. The summed E-state index contributed by atoms with van der Waals surface area (Å²) < 4.78 is 83.5. The number of nitrogens with one attached hydrogen (secondary N) is 2. The molecule has 0 spiro atoms. The third-order valence-corrected chi connectivity index (χ3v) is 8.98. The van der Waals surface area contributed by atoms with Crippen LogP contribution in [0.2, 0.25) is 0 Å². The lowest BCUT2D eigenvalue weighted by molar-refractivity contribution is -0.137. The lowest BCUT2D eigenvalue weighted by Gasteiger charge is -2.31. The van der Waals surface area contributed by atoms with Gasteiger partial charge in [0.05, 0.1) is 11.9 Å². The van der Waals surface area contributed by atoms with Gasteiger partial charge in [-0.1, -0.05) is 0 Å². The fourth-order valence-electron chi connectivity index (χ4n) is 5.51. The van der Waals surface area contributed by atoms with E-state index in [1.807, 2.05) is 7.05 Å². The van der Waals surface area contributed by atoms with E-state index in [1.165, 1.54) is 21.1 Å². The number of aryl methyl sites for hydroxylation is 1. The summed E-state index contributed by atoms with van der Waals surface area (Å²) in [6, 6.07) is 4.68. The van der Waals surface area contributed by atoms with Gasteiger partial charge in [-0.3, -0.25) is 0 Å². The van der Waals surface area contributed by atoms with Crippen molar-refractivity contribution in [2.24, 2.45) is 0 Å². The molecule has 0 aliphatic carbocycles. The minimum Gasteiger partial charge on any atom is -0.381 e. The van der Waals surface area contributed by atoms with Gasteiger partial charge in [0.2, 0.25) is 16.0 Å². The van der Waals surface area contributed by atoms with E-state index in [9.17, 15) is 21.6 Å². The minimum atomic E-state index is -4.75. The zero-order chi connectivity index (χ0) is 30.2. The number of sulfonamides is 1. The van der Waals surface area contributed by atoms with Gasteiger partial charge in [-0.05, 0) is 64.4 Å². The van der Waals surface area contributed by atoms with Crippen LogP contribution in [0.15, 0.2) is 30.6 Å². The number of imidazole rings is 1. The predicted octanol–water partition coefficient (Wildman–Crippen LogP) is 4.14. The topological polar surface area (TPSA) is 108 Å². The second-order valence-corrected chi connectivity index (χ2v) is 13.0. The summed E-state index contributed by atoms with van der Waals surface area (Å²) in [5.74, 6) is -0.288. The highest BCUT2D eigenvalue weighted by molar-refractivity contribution is 7.88. The molecule has 3 aromatic rings. The summed E-state index contributed by atoms with van der Waals surface area (Å²) in [7, 11) is -1.28.